The van der Waals surface area contributed by atoms with E-state index in [-0.39, 0.29) is 12.0 Å². The molecule has 0 aliphatic carbocycles. The van der Waals surface area contributed by atoms with E-state index in [1.165, 1.54) is 7.11 Å². The molecule has 0 fully saturated rings. The number of ether oxygens (including phenoxy) is 2. The maximum absolute atomic E-state index is 12.1. The van der Waals surface area contributed by atoms with Crippen LogP contribution in [0.5, 0.6) is 5.75 Å². The van der Waals surface area contributed by atoms with Gasteiger partial charge in [0.25, 0.3) is 0 Å². The molecule has 0 bridgehead atoms. The van der Waals surface area contributed by atoms with Gasteiger partial charge < -0.3 is 20.1 Å². The minimum atomic E-state index is -0.380. The lowest BCUT2D eigenvalue weighted by atomic mass is 9.95. The van der Waals surface area contributed by atoms with E-state index in [9.17, 15) is 4.79 Å². The molecule has 0 saturated carbocycles. The van der Waals surface area contributed by atoms with Crippen molar-refractivity contribution in [1.29, 1.82) is 0 Å². The average Bonchev–Trinajstić information content (AvgIpc) is 2.52. The monoisotopic (exact) mass is 334 g/mol. The Morgan fingerprint density at radius 3 is 2.52 bits per heavy atom. The van der Waals surface area contributed by atoms with Crippen molar-refractivity contribution in [2.24, 2.45) is 5.92 Å². The second-order valence-corrected chi connectivity index (χ2v) is 6.24. The van der Waals surface area contributed by atoms with Crippen LogP contribution in [0.4, 0.5) is 0 Å². The smallest absolute Gasteiger partial charge is 0.337 e. The van der Waals surface area contributed by atoms with E-state index in [0.717, 1.165) is 11.3 Å². The van der Waals surface area contributed by atoms with E-state index in [1.807, 2.05) is 31.2 Å². The first-order chi connectivity index (χ1) is 10.9. The first kappa shape index (κ1) is 17.3. The van der Waals surface area contributed by atoms with Crippen molar-refractivity contribution >= 4 is 23.3 Å². The number of carbonyl (C=O) groups is 1. The van der Waals surface area contributed by atoms with Gasteiger partial charge in [-0.1, -0.05) is 26.0 Å². The first-order valence-electron chi connectivity index (χ1n) is 7.51. The van der Waals surface area contributed by atoms with Crippen LogP contribution in [0.1, 0.15) is 32.4 Å². The van der Waals surface area contributed by atoms with Crippen LogP contribution in [-0.4, -0.2) is 24.8 Å². The fourth-order valence-corrected chi connectivity index (χ4v) is 2.61. The molecule has 23 heavy (non-hydrogen) atoms. The number of methoxy groups -OCH3 is 1. The molecule has 2 N–H and O–H groups in total. The number of thiocarbonyl (C=S) groups is 1. The number of esters is 1. The number of hydrogen-bond acceptors (Lipinski definition) is 4. The van der Waals surface area contributed by atoms with Gasteiger partial charge in [-0.05, 0) is 42.8 Å². The van der Waals surface area contributed by atoms with E-state index in [2.05, 4.69) is 24.5 Å². The maximum Gasteiger partial charge on any atom is 0.337 e. The average molecular weight is 334 g/mol. The zero-order valence-electron chi connectivity index (χ0n) is 13.8. The van der Waals surface area contributed by atoms with Gasteiger partial charge in [0.1, 0.15) is 5.75 Å². The largest absolute Gasteiger partial charge is 0.493 e. The highest BCUT2D eigenvalue weighted by atomic mass is 32.1. The van der Waals surface area contributed by atoms with Crippen molar-refractivity contribution in [2.45, 2.75) is 26.8 Å². The molecule has 1 aromatic rings. The summed E-state index contributed by atoms with van der Waals surface area (Å²) in [5, 5.41) is 6.57. The van der Waals surface area contributed by atoms with Gasteiger partial charge in [0.05, 0.1) is 25.3 Å². The Balaban J connectivity index is 2.26. The molecule has 1 aliphatic heterocycles. The normalized spacial score (nSPS) is 17.6. The van der Waals surface area contributed by atoms with Crippen LogP contribution in [0.3, 0.4) is 0 Å². The summed E-state index contributed by atoms with van der Waals surface area (Å²) in [5.41, 5.74) is 2.15. The molecule has 6 heteroatoms. The van der Waals surface area contributed by atoms with Gasteiger partial charge in [-0.15, -0.1) is 0 Å². The molecule has 1 heterocycles. The lowest BCUT2D eigenvalue weighted by molar-refractivity contribution is -0.136. The molecule has 124 valence electrons. The molecule has 0 unspecified atom stereocenters. The highest BCUT2D eigenvalue weighted by molar-refractivity contribution is 7.80. The fraction of sp³-hybridized carbons (Fsp3) is 0.412. The quantitative estimate of drug-likeness (QED) is 0.638. The van der Waals surface area contributed by atoms with Crippen LogP contribution < -0.4 is 15.4 Å². The van der Waals surface area contributed by atoms with Gasteiger partial charge in [0.15, 0.2) is 5.11 Å². The third kappa shape index (κ3) is 4.22. The summed E-state index contributed by atoms with van der Waals surface area (Å²) in [6.07, 6.45) is 0. The Labute approximate surface area is 142 Å². The van der Waals surface area contributed by atoms with Crippen molar-refractivity contribution in [3.8, 4) is 5.75 Å². The summed E-state index contributed by atoms with van der Waals surface area (Å²) in [5.74, 6) is 0.893. The van der Waals surface area contributed by atoms with Gasteiger partial charge in [0, 0.05) is 5.70 Å². The number of rotatable bonds is 5. The topological polar surface area (TPSA) is 59.6 Å². The zero-order valence-corrected chi connectivity index (χ0v) is 14.6. The molecule has 5 nitrogen and oxygen atoms in total. The lowest BCUT2D eigenvalue weighted by Crippen LogP contribution is -2.45. The molecule has 0 spiro atoms. The van der Waals surface area contributed by atoms with Crippen LogP contribution in [0.2, 0.25) is 0 Å². The summed E-state index contributed by atoms with van der Waals surface area (Å²) < 4.78 is 10.6. The van der Waals surface area contributed by atoms with Crippen molar-refractivity contribution in [3.63, 3.8) is 0 Å². The Bertz CT molecular complexity index is 623. The molecule has 0 radical (unpaired) electrons. The summed E-state index contributed by atoms with van der Waals surface area (Å²) >= 11 is 5.20. The fourth-order valence-electron chi connectivity index (χ4n) is 2.34. The van der Waals surface area contributed by atoms with E-state index >= 15 is 0 Å². The summed E-state index contributed by atoms with van der Waals surface area (Å²) in [6.45, 7) is 6.68. The van der Waals surface area contributed by atoms with Gasteiger partial charge in [-0.3, -0.25) is 0 Å². The first-order valence-corrected chi connectivity index (χ1v) is 7.92. The number of nitrogens with one attached hydrogen (secondary N) is 2. The summed E-state index contributed by atoms with van der Waals surface area (Å²) in [7, 11) is 1.37. The van der Waals surface area contributed by atoms with Crippen LogP contribution in [0, 0.1) is 5.92 Å². The predicted octanol–water partition coefficient (Wildman–Crippen LogP) is 2.69. The molecule has 1 aliphatic rings. The third-order valence-electron chi connectivity index (χ3n) is 3.47. The minimum absolute atomic E-state index is 0.338. The molecule has 0 saturated heterocycles. The molecule has 1 atom stereocenters. The standard InChI is InChI=1S/C17H22N2O3S/c1-10(2)9-22-13-7-5-12(6-8-13)15-14(16(20)21-4)11(3)18-17(23)19-15/h5-8,10,15H,9H2,1-4H3,(H2,18,19,23)/t15-/m0/s1. The second-order valence-electron chi connectivity index (χ2n) is 5.84. The zero-order chi connectivity index (χ0) is 17.0. The summed E-state index contributed by atoms with van der Waals surface area (Å²) in [4.78, 5) is 12.1. The highest BCUT2D eigenvalue weighted by Crippen LogP contribution is 2.28. The highest BCUT2D eigenvalue weighted by Gasteiger charge is 2.30. The van der Waals surface area contributed by atoms with Crippen molar-refractivity contribution < 1.29 is 14.3 Å². The number of benzene rings is 1. The van der Waals surface area contributed by atoms with Gasteiger partial charge in [0.2, 0.25) is 0 Å². The number of allylic oxidation sites excluding steroid dienone is 1. The SMILES string of the molecule is COC(=O)C1=C(C)NC(=S)N[C@H]1c1ccc(OCC(C)C)cc1. The van der Waals surface area contributed by atoms with Crippen LogP contribution in [0.15, 0.2) is 35.5 Å². The molecular formula is C17H22N2O3S. The van der Waals surface area contributed by atoms with Crippen molar-refractivity contribution in [1.82, 2.24) is 10.6 Å². The van der Waals surface area contributed by atoms with E-state index < -0.39 is 0 Å². The molecule has 0 amide bonds. The Kier molecular flexibility index (Phi) is 5.60. The van der Waals surface area contributed by atoms with Gasteiger partial charge >= 0.3 is 5.97 Å². The van der Waals surface area contributed by atoms with Crippen molar-refractivity contribution in [2.75, 3.05) is 13.7 Å². The number of carbonyl (C=O) groups excluding carboxylic acids is 1. The van der Waals surface area contributed by atoms with E-state index in [0.29, 0.717) is 28.9 Å². The Morgan fingerprint density at radius 1 is 1.30 bits per heavy atom. The van der Waals surface area contributed by atoms with Crippen LogP contribution >= 0.6 is 12.2 Å². The maximum atomic E-state index is 12.1. The van der Waals surface area contributed by atoms with Gasteiger partial charge in [-0.25, -0.2) is 4.79 Å². The minimum Gasteiger partial charge on any atom is -0.493 e. The molecule has 2 rings (SSSR count). The Hall–Kier alpha value is -2.08. The molecule has 0 aromatic heterocycles. The molecule has 1 aromatic carbocycles. The van der Waals surface area contributed by atoms with Crippen molar-refractivity contribution in [3.05, 3.63) is 41.1 Å². The lowest BCUT2D eigenvalue weighted by Gasteiger charge is -2.29. The molecular weight excluding hydrogens is 312 g/mol. The predicted molar refractivity (Wildman–Crippen MR) is 93.1 cm³/mol. The second kappa shape index (κ2) is 7.46. The summed E-state index contributed by atoms with van der Waals surface area (Å²) in [6, 6.07) is 7.31. The van der Waals surface area contributed by atoms with Gasteiger partial charge in [-0.2, -0.15) is 0 Å². The Morgan fingerprint density at radius 2 is 1.96 bits per heavy atom. The van der Waals surface area contributed by atoms with Crippen LogP contribution in [-0.2, 0) is 9.53 Å². The van der Waals surface area contributed by atoms with Crippen LogP contribution in [0.25, 0.3) is 0 Å². The van der Waals surface area contributed by atoms with E-state index in [4.69, 9.17) is 21.7 Å². The number of hydrogen-bond donors (Lipinski definition) is 2. The van der Waals surface area contributed by atoms with E-state index in [1.54, 1.807) is 0 Å². The third-order valence-corrected chi connectivity index (χ3v) is 3.69.